The van der Waals surface area contributed by atoms with Crippen LogP contribution in [0, 0.1) is 12.8 Å². The van der Waals surface area contributed by atoms with E-state index in [-0.39, 0.29) is 24.0 Å². The number of hydrogen-bond donors (Lipinski definition) is 1. The van der Waals surface area contributed by atoms with Crippen LogP contribution in [0.4, 0.5) is 10.6 Å². The molecule has 2 atom stereocenters. The number of nitrogens with one attached hydrogen (secondary N) is 1. The number of anilines is 1. The van der Waals surface area contributed by atoms with Crippen molar-refractivity contribution in [2.45, 2.75) is 59.1 Å². The van der Waals surface area contributed by atoms with Gasteiger partial charge < -0.3 is 14.2 Å². The van der Waals surface area contributed by atoms with Gasteiger partial charge in [-0.05, 0) is 47.5 Å². The van der Waals surface area contributed by atoms with E-state index in [0.29, 0.717) is 18.1 Å². The van der Waals surface area contributed by atoms with Crippen molar-refractivity contribution in [2.75, 3.05) is 11.9 Å². The number of aryl methyl sites for hydroxylation is 1. The van der Waals surface area contributed by atoms with Crippen LogP contribution in [0.25, 0.3) is 0 Å². The first-order valence-electron chi connectivity index (χ1n) is 7.89. The Hall–Kier alpha value is -2.05. The molecule has 0 aliphatic carbocycles. The van der Waals surface area contributed by atoms with Crippen molar-refractivity contribution in [2.24, 2.45) is 5.92 Å². The molecule has 0 saturated carbocycles. The summed E-state index contributed by atoms with van der Waals surface area (Å²) in [6, 6.07) is 1.43. The first kappa shape index (κ1) is 17.3. The monoisotopic (exact) mass is 323 g/mol. The molecule has 1 saturated heterocycles. The summed E-state index contributed by atoms with van der Waals surface area (Å²) in [5.74, 6) is 0.451. The van der Waals surface area contributed by atoms with Crippen LogP contribution in [0.1, 0.15) is 46.3 Å². The number of hydrogen-bond acceptors (Lipinski definition) is 5. The van der Waals surface area contributed by atoms with Crippen LogP contribution in [-0.2, 0) is 9.53 Å². The molecule has 1 aromatic heterocycles. The number of rotatable bonds is 2. The van der Waals surface area contributed by atoms with Crippen molar-refractivity contribution in [1.29, 1.82) is 0 Å². The number of amides is 2. The third-order valence-corrected chi connectivity index (χ3v) is 3.75. The molecule has 23 heavy (non-hydrogen) atoms. The number of piperidine rings is 1. The lowest BCUT2D eigenvalue weighted by Gasteiger charge is -2.37. The predicted molar refractivity (Wildman–Crippen MR) is 85.0 cm³/mol. The summed E-state index contributed by atoms with van der Waals surface area (Å²) in [6.07, 6.45) is 1.48. The van der Waals surface area contributed by atoms with E-state index >= 15 is 0 Å². The van der Waals surface area contributed by atoms with E-state index in [4.69, 9.17) is 9.26 Å². The Morgan fingerprint density at radius 2 is 2.09 bits per heavy atom. The molecule has 1 fully saturated rings. The highest BCUT2D eigenvalue weighted by Crippen LogP contribution is 2.25. The Morgan fingerprint density at radius 3 is 2.65 bits per heavy atom. The lowest BCUT2D eigenvalue weighted by molar-refractivity contribution is -0.161. The van der Waals surface area contributed by atoms with E-state index in [2.05, 4.69) is 10.5 Å². The molecule has 2 rings (SSSR count). The number of urea groups is 1. The number of carbonyl (C=O) groups excluding carboxylic acids is 2. The van der Waals surface area contributed by atoms with E-state index in [1.165, 1.54) is 0 Å². The summed E-state index contributed by atoms with van der Waals surface area (Å²) in [6.45, 7) is 9.59. The van der Waals surface area contributed by atoms with Crippen LogP contribution >= 0.6 is 0 Å². The molecule has 7 nitrogen and oxygen atoms in total. The first-order valence-corrected chi connectivity index (χ1v) is 7.89. The Balaban J connectivity index is 1.99. The van der Waals surface area contributed by atoms with Gasteiger partial charge in [-0.25, -0.2) is 4.79 Å². The highest BCUT2D eigenvalue weighted by molar-refractivity contribution is 5.89. The number of likely N-dealkylation sites (tertiary alicyclic amines) is 1. The summed E-state index contributed by atoms with van der Waals surface area (Å²) < 4.78 is 10.4. The molecule has 0 radical (unpaired) electrons. The van der Waals surface area contributed by atoms with E-state index < -0.39 is 5.60 Å². The van der Waals surface area contributed by atoms with Gasteiger partial charge in [0.15, 0.2) is 5.82 Å². The largest absolute Gasteiger partial charge is 0.460 e. The lowest BCUT2D eigenvalue weighted by Crippen LogP contribution is -2.49. The molecule has 1 aliphatic rings. The zero-order chi connectivity index (χ0) is 17.2. The molecular formula is C16H25N3O4. The van der Waals surface area contributed by atoms with Gasteiger partial charge in [0.05, 0.1) is 5.92 Å². The van der Waals surface area contributed by atoms with Crippen molar-refractivity contribution in [3.8, 4) is 0 Å². The van der Waals surface area contributed by atoms with Crippen LogP contribution in [0.2, 0.25) is 0 Å². The number of carbonyl (C=O) groups is 2. The van der Waals surface area contributed by atoms with Gasteiger partial charge in [0, 0.05) is 18.7 Å². The van der Waals surface area contributed by atoms with Gasteiger partial charge in [0.1, 0.15) is 11.4 Å². The first-order chi connectivity index (χ1) is 10.7. The zero-order valence-electron chi connectivity index (χ0n) is 14.4. The molecule has 128 valence electrons. The molecule has 2 amide bonds. The fourth-order valence-electron chi connectivity index (χ4n) is 2.57. The lowest BCUT2D eigenvalue weighted by atomic mass is 9.93. The number of ether oxygens (including phenoxy) is 1. The highest BCUT2D eigenvalue weighted by Gasteiger charge is 2.35. The third kappa shape index (κ3) is 4.71. The van der Waals surface area contributed by atoms with Gasteiger partial charge in [-0.2, -0.15) is 0 Å². The second kappa shape index (κ2) is 6.60. The molecule has 0 bridgehead atoms. The van der Waals surface area contributed by atoms with Crippen LogP contribution in [0.3, 0.4) is 0 Å². The van der Waals surface area contributed by atoms with Crippen LogP contribution in [0.5, 0.6) is 0 Å². The Bertz CT molecular complexity index is 576. The Morgan fingerprint density at radius 1 is 1.39 bits per heavy atom. The molecule has 1 aromatic rings. The minimum absolute atomic E-state index is 0.0571. The quantitative estimate of drug-likeness (QED) is 0.846. The average Bonchev–Trinajstić information content (AvgIpc) is 2.82. The highest BCUT2D eigenvalue weighted by atomic mass is 16.6. The summed E-state index contributed by atoms with van der Waals surface area (Å²) in [7, 11) is 0. The van der Waals surface area contributed by atoms with Crippen LogP contribution in [-0.4, -0.2) is 40.2 Å². The maximum Gasteiger partial charge on any atom is 0.323 e. The molecule has 1 aliphatic heterocycles. The van der Waals surface area contributed by atoms with E-state index in [1.807, 2.05) is 27.7 Å². The molecule has 0 aromatic carbocycles. The van der Waals surface area contributed by atoms with Gasteiger partial charge in [0.25, 0.3) is 0 Å². The van der Waals surface area contributed by atoms with Gasteiger partial charge in [0.2, 0.25) is 0 Å². The molecule has 0 spiro atoms. The SMILES string of the molecule is Cc1cc(NC(=O)N2CC(C(=O)OC(C)(C)C)CCC2C)no1. The smallest absolute Gasteiger partial charge is 0.323 e. The maximum atomic E-state index is 12.4. The molecule has 2 heterocycles. The van der Waals surface area contributed by atoms with Crippen molar-refractivity contribution >= 4 is 17.8 Å². The van der Waals surface area contributed by atoms with Crippen molar-refractivity contribution in [3.63, 3.8) is 0 Å². The fourth-order valence-corrected chi connectivity index (χ4v) is 2.57. The Kier molecular flexibility index (Phi) is 4.97. The summed E-state index contributed by atoms with van der Waals surface area (Å²) in [5, 5.41) is 6.45. The van der Waals surface area contributed by atoms with Gasteiger partial charge in [-0.15, -0.1) is 0 Å². The van der Waals surface area contributed by atoms with Crippen molar-refractivity contribution < 1.29 is 18.8 Å². The maximum absolute atomic E-state index is 12.4. The molecule has 1 N–H and O–H groups in total. The van der Waals surface area contributed by atoms with Gasteiger partial charge in [-0.3, -0.25) is 10.1 Å². The van der Waals surface area contributed by atoms with Crippen LogP contribution < -0.4 is 5.32 Å². The average molecular weight is 323 g/mol. The number of esters is 1. The standard InChI is InChI=1S/C16H25N3O4/c1-10-6-7-12(14(20)22-16(3,4)5)9-19(10)15(21)17-13-8-11(2)23-18-13/h8,10,12H,6-7,9H2,1-5H3,(H,17,18,21). The number of aromatic nitrogens is 1. The Labute approximate surface area is 136 Å². The minimum Gasteiger partial charge on any atom is -0.460 e. The van der Waals surface area contributed by atoms with E-state index in [9.17, 15) is 9.59 Å². The third-order valence-electron chi connectivity index (χ3n) is 3.75. The van der Waals surface area contributed by atoms with Gasteiger partial charge in [-0.1, -0.05) is 5.16 Å². The molecule has 2 unspecified atom stereocenters. The second-order valence-electron chi connectivity index (χ2n) is 7.06. The van der Waals surface area contributed by atoms with Crippen LogP contribution in [0.15, 0.2) is 10.6 Å². The summed E-state index contributed by atoms with van der Waals surface area (Å²) >= 11 is 0. The topological polar surface area (TPSA) is 84.7 Å². The summed E-state index contributed by atoms with van der Waals surface area (Å²) in [4.78, 5) is 26.3. The normalized spacial score (nSPS) is 21.9. The molecular weight excluding hydrogens is 298 g/mol. The molecule has 7 heteroatoms. The summed E-state index contributed by atoms with van der Waals surface area (Å²) in [5.41, 5.74) is -0.522. The van der Waals surface area contributed by atoms with Crippen molar-refractivity contribution in [1.82, 2.24) is 10.1 Å². The number of nitrogens with zero attached hydrogens (tertiary/aromatic N) is 2. The fraction of sp³-hybridized carbons (Fsp3) is 0.688. The van der Waals surface area contributed by atoms with Gasteiger partial charge >= 0.3 is 12.0 Å². The predicted octanol–water partition coefficient (Wildman–Crippen LogP) is 2.96. The van der Waals surface area contributed by atoms with Crippen molar-refractivity contribution in [3.05, 3.63) is 11.8 Å². The zero-order valence-corrected chi connectivity index (χ0v) is 14.4. The minimum atomic E-state index is -0.522. The second-order valence-corrected chi connectivity index (χ2v) is 7.06. The van der Waals surface area contributed by atoms with E-state index in [0.717, 1.165) is 12.8 Å². The van der Waals surface area contributed by atoms with E-state index in [1.54, 1.807) is 17.9 Å².